The smallest absolute Gasteiger partial charge is 0.294 e. The lowest BCUT2D eigenvalue weighted by Gasteiger charge is -2.11. The highest BCUT2D eigenvalue weighted by Crippen LogP contribution is 2.35. The average Bonchev–Trinajstić information content (AvgIpc) is 2.67. The first-order valence-corrected chi connectivity index (χ1v) is 8.50. The molecule has 0 bridgehead atoms. The summed E-state index contributed by atoms with van der Waals surface area (Å²) in [4.78, 5) is 13.4. The fraction of sp³-hybridized carbons (Fsp3) is 0.235. The molecule has 3 nitrogen and oxygen atoms in total. The van der Waals surface area contributed by atoms with Gasteiger partial charge in [0.2, 0.25) is 0 Å². The second kappa shape index (κ2) is 7.35. The standard InChI is InChI=1S/C17H16Cl2N2OS/c1-5-6-7-15-16(21(11(2)3)17(22)20(15)4)23-14-9-12(18)8-13(19)10-14/h1,6-11H,2-4H3. The quantitative estimate of drug-likeness (QED) is 0.721. The summed E-state index contributed by atoms with van der Waals surface area (Å²) in [6.45, 7) is 3.93. The maximum absolute atomic E-state index is 12.5. The molecule has 1 aromatic carbocycles. The van der Waals surface area contributed by atoms with Gasteiger partial charge in [-0.3, -0.25) is 9.13 Å². The number of benzene rings is 1. The number of halogens is 2. The fourth-order valence-electron chi connectivity index (χ4n) is 2.18. The van der Waals surface area contributed by atoms with E-state index in [0.29, 0.717) is 10.0 Å². The van der Waals surface area contributed by atoms with Crippen molar-refractivity contribution in [2.45, 2.75) is 29.8 Å². The molecule has 1 aromatic heterocycles. The summed E-state index contributed by atoms with van der Waals surface area (Å²) in [5.74, 6) is 2.45. The van der Waals surface area contributed by atoms with Crippen molar-refractivity contribution >= 4 is 41.0 Å². The minimum absolute atomic E-state index is 0.0128. The summed E-state index contributed by atoms with van der Waals surface area (Å²) in [5, 5.41) is 1.91. The van der Waals surface area contributed by atoms with Crippen LogP contribution in [0.5, 0.6) is 0 Å². The summed E-state index contributed by atoms with van der Waals surface area (Å²) >= 11 is 13.6. The first-order chi connectivity index (χ1) is 10.8. The molecule has 0 unspecified atom stereocenters. The van der Waals surface area contributed by atoms with Crippen LogP contribution in [-0.4, -0.2) is 9.13 Å². The lowest BCUT2D eigenvalue weighted by atomic mass is 10.3. The largest absolute Gasteiger partial charge is 0.329 e. The zero-order valence-electron chi connectivity index (χ0n) is 13.0. The number of allylic oxidation sites excluding steroid dienone is 1. The highest BCUT2D eigenvalue weighted by molar-refractivity contribution is 7.99. The Morgan fingerprint density at radius 3 is 2.39 bits per heavy atom. The maximum Gasteiger partial charge on any atom is 0.329 e. The molecular weight excluding hydrogens is 351 g/mol. The molecule has 0 aliphatic heterocycles. The van der Waals surface area contributed by atoms with Gasteiger partial charge in [0.25, 0.3) is 0 Å². The van der Waals surface area contributed by atoms with Crippen LogP contribution in [0.25, 0.3) is 6.08 Å². The molecule has 0 aliphatic carbocycles. The van der Waals surface area contributed by atoms with Gasteiger partial charge in [-0.15, -0.1) is 6.42 Å². The number of aromatic nitrogens is 2. The van der Waals surface area contributed by atoms with Gasteiger partial charge in [-0.25, -0.2) is 4.79 Å². The normalized spacial score (nSPS) is 11.3. The molecule has 0 saturated carbocycles. The zero-order chi connectivity index (χ0) is 17.1. The fourth-order valence-corrected chi connectivity index (χ4v) is 4.13. The van der Waals surface area contributed by atoms with E-state index < -0.39 is 0 Å². The Morgan fingerprint density at radius 2 is 1.87 bits per heavy atom. The van der Waals surface area contributed by atoms with Crippen molar-refractivity contribution in [1.82, 2.24) is 9.13 Å². The second-order valence-corrected chi connectivity index (χ2v) is 7.14. The summed E-state index contributed by atoms with van der Waals surface area (Å²) in [7, 11) is 1.73. The van der Waals surface area contributed by atoms with E-state index in [1.807, 2.05) is 26.0 Å². The Kier molecular flexibility index (Phi) is 5.69. The van der Waals surface area contributed by atoms with Gasteiger partial charge < -0.3 is 0 Å². The summed E-state index contributed by atoms with van der Waals surface area (Å²) in [6, 6.07) is 5.32. The van der Waals surface area contributed by atoms with Gasteiger partial charge in [0.1, 0.15) is 5.03 Å². The van der Waals surface area contributed by atoms with Crippen LogP contribution in [-0.2, 0) is 7.05 Å². The Bertz CT molecular complexity index is 836. The van der Waals surface area contributed by atoms with Crippen molar-refractivity contribution < 1.29 is 0 Å². The van der Waals surface area contributed by atoms with E-state index in [0.717, 1.165) is 15.6 Å². The van der Waals surface area contributed by atoms with Crippen LogP contribution in [0.3, 0.4) is 0 Å². The number of nitrogens with zero attached hydrogens (tertiary/aromatic N) is 2. The highest BCUT2D eigenvalue weighted by Gasteiger charge is 2.19. The minimum Gasteiger partial charge on any atom is -0.294 e. The van der Waals surface area contributed by atoms with E-state index in [1.165, 1.54) is 11.8 Å². The first kappa shape index (κ1) is 17.8. The molecule has 1 heterocycles. The predicted molar refractivity (Wildman–Crippen MR) is 98.5 cm³/mol. The molecule has 23 heavy (non-hydrogen) atoms. The number of hydrogen-bond acceptors (Lipinski definition) is 2. The molecule has 0 amide bonds. The van der Waals surface area contributed by atoms with E-state index in [9.17, 15) is 4.79 Å². The SMILES string of the molecule is C#CC=Cc1c(Sc2cc(Cl)cc(Cl)c2)n(C(C)C)c(=O)n1C. The molecule has 120 valence electrons. The second-order valence-electron chi connectivity index (χ2n) is 5.20. The summed E-state index contributed by atoms with van der Waals surface area (Å²) in [6.07, 6.45) is 8.64. The third-order valence-electron chi connectivity index (χ3n) is 3.20. The molecular formula is C17H16Cl2N2OS. The van der Waals surface area contributed by atoms with Crippen LogP contribution in [0.2, 0.25) is 10.0 Å². The van der Waals surface area contributed by atoms with Crippen LogP contribution in [0.1, 0.15) is 25.6 Å². The van der Waals surface area contributed by atoms with Gasteiger partial charge in [-0.2, -0.15) is 0 Å². The molecule has 0 fully saturated rings. The highest BCUT2D eigenvalue weighted by atomic mass is 35.5. The molecule has 0 saturated heterocycles. The van der Waals surface area contributed by atoms with Crippen LogP contribution >= 0.6 is 35.0 Å². The first-order valence-electron chi connectivity index (χ1n) is 6.93. The van der Waals surface area contributed by atoms with Gasteiger partial charge in [-0.05, 0) is 44.2 Å². The Morgan fingerprint density at radius 1 is 1.26 bits per heavy atom. The van der Waals surface area contributed by atoms with Crippen molar-refractivity contribution in [3.8, 4) is 12.3 Å². The van der Waals surface area contributed by atoms with Crippen molar-refractivity contribution in [3.05, 3.63) is 50.5 Å². The van der Waals surface area contributed by atoms with Gasteiger partial charge in [0.15, 0.2) is 0 Å². The third kappa shape index (κ3) is 3.87. The number of hydrogen-bond donors (Lipinski definition) is 0. The average molecular weight is 367 g/mol. The Balaban J connectivity index is 2.63. The van der Waals surface area contributed by atoms with Crippen molar-refractivity contribution in [2.24, 2.45) is 7.05 Å². The molecule has 0 spiro atoms. The van der Waals surface area contributed by atoms with Gasteiger partial charge in [0, 0.05) is 28.0 Å². The molecule has 0 N–H and O–H groups in total. The van der Waals surface area contributed by atoms with Crippen molar-refractivity contribution in [3.63, 3.8) is 0 Å². The van der Waals surface area contributed by atoms with Crippen molar-refractivity contribution in [1.29, 1.82) is 0 Å². The lowest BCUT2D eigenvalue weighted by molar-refractivity contribution is 0.533. The predicted octanol–water partition coefficient (Wildman–Crippen LogP) is 4.87. The topological polar surface area (TPSA) is 26.9 Å². The van der Waals surface area contributed by atoms with Crippen LogP contribution in [0, 0.1) is 12.3 Å². The van der Waals surface area contributed by atoms with Crippen LogP contribution in [0.15, 0.2) is 39.0 Å². The number of terminal acetylenes is 1. The van der Waals surface area contributed by atoms with Gasteiger partial charge in [-0.1, -0.05) is 40.9 Å². The van der Waals surface area contributed by atoms with E-state index in [1.54, 1.807) is 34.4 Å². The van der Waals surface area contributed by atoms with Crippen LogP contribution < -0.4 is 5.69 Å². The van der Waals surface area contributed by atoms with E-state index in [2.05, 4.69) is 5.92 Å². The van der Waals surface area contributed by atoms with Gasteiger partial charge in [0.05, 0.1) is 5.69 Å². The molecule has 6 heteroatoms. The maximum atomic E-state index is 12.5. The lowest BCUT2D eigenvalue weighted by Crippen LogP contribution is -2.24. The van der Waals surface area contributed by atoms with E-state index >= 15 is 0 Å². The van der Waals surface area contributed by atoms with E-state index in [4.69, 9.17) is 29.6 Å². The third-order valence-corrected chi connectivity index (χ3v) is 4.70. The minimum atomic E-state index is -0.0905. The molecule has 2 rings (SSSR count). The van der Waals surface area contributed by atoms with Gasteiger partial charge >= 0.3 is 5.69 Å². The Labute approximate surface area is 149 Å². The molecule has 0 aliphatic rings. The number of rotatable bonds is 4. The van der Waals surface area contributed by atoms with Crippen molar-refractivity contribution in [2.75, 3.05) is 0 Å². The molecule has 0 radical (unpaired) electrons. The van der Waals surface area contributed by atoms with E-state index in [-0.39, 0.29) is 11.7 Å². The molecule has 0 atom stereocenters. The Hall–Kier alpha value is -1.54. The van der Waals surface area contributed by atoms with Crippen LogP contribution in [0.4, 0.5) is 0 Å². The summed E-state index contributed by atoms with van der Waals surface area (Å²) in [5.41, 5.74) is 0.662. The summed E-state index contributed by atoms with van der Waals surface area (Å²) < 4.78 is 3.32. The zero-order valence-corrected chi connectivity index (χ0v) is 15.3. The number of imidazole rings is 1. The monoisotopic (exact) mass is 366 g/mol. The molecule has 2 aromatic rings.